The van der Waals surface area contributed by atoms with Gasteiger partial charge < -0.3 is 10.6 Å². The zero-order valence-electron chi connectivity index (χ0n) is 17.2. The second kappa shape index (κ2) is 10.3. The van der Waals surface area contributed by atoms with Crippen molar-refractivity contribution in [2.24, 2.45) is 0 Å². The molecule has 0 heterocycles. The number of rotatable bonds is 9. The van der Waals surface area contributed by atoms with Gasteiger partial charge in [0.1, 0.15) is 5.82 Å². The highest BCUT2D eigenvalue weighted by Gasteiger charge is 2.20. The standard InChI is InChI=1S/C21H26FN3O4S/c1-15(17-6-4-7-19(14-17)24-16(2)26)23-21(27)8-5-13-25(3)30(28,29)20-11-9-18(22)10-12-20/h4,6-7,9-12,14-15H,5,8,13H2,1-3H3,(H,23,27)(H,24,26). The van der Waals surface area contributed by atoms with Gasteiger partial charge in [-0.15, -0.1) is 0 Å². The Balaban J connectivity index is 1.85. The van der Waals surface area contributed by atoms with Crippen LogP contribution in [0.3, 0.4) is 0 Å². The Morgan fingerprint density at radius 2 is 1.80 bits per heavy atom. The third-order valence-electron chi connectivity index (χ3n) is 4.48. The number of anilines is 1. The first-order valence-electron chi connectivity index (χ1n) is 9.48. The van der Waals surface area contributed by atoms with E-state index in [1.165, 1.54) is 26.1 Å². The highest BCUT2D eigenvalue weighted by molar-refractivity contribution is 7.89. The highest BCUT2D eigenvalue weighted by Crippen LogP contribution is 2.18. The number of carbonyl (C=O) groups is 2. The van der Waals surface area contributed by atoms with Gasteiger partial charge in [-0.05, 0) is 55.3 Å². The van der Waals surface area contributed by atoms with E-state index in [1.54, 1.807) is 18.2 Å². The van der Waals surface area contributed by atoms with Gasteiger partial charge in [0.2, 0.25) is 21.8 Å². The third-order valence-corrected chi connectivity index (χ3v) is 6.35. The molecule has 162 valence electrons. The second-order valence-electron chi connectivity index (χ2n) is 6.98. The molecule has 2 amide bonds. The Morgan fingerprint density at radius 3 is 2.43 bits per heavy atom. The molecule has 0 aliphatic rings. The van der Waals surface area contributed by atoms with E-state index in [2.05, 4.69) is 10.6 Å². The number of amides is 2. The molecule has 30 heavy (non-hydrogen) atoms. The van der Waals surface area contributed by atoms with Gasteiger partial charge in [0, 0.05) is 32.6 Å². The molecular weight excluding hydrogens is 409 g/mol. The van der Waals surface area contributed by atoms with Gasteiger partial charge in [0.05, 0.1) is 10.9 Å². The van der Waals surface area contributed by atoms with Crippen molar-refractivity contribution in [3.05, 3.63) is 59.9 Å². The van der Waals surface area contributed by atoms with Crippen molar-refractivity contribution in [3.63, 3.8) is 0 Å². The van der Waals surface area contributed by atoms with Crippen molar-refractivity contribution in [1.29, 1.82) is 0 Å². The number of benzene rings is 2. The van der Waals surface area contributed by atoms with E-state index in [4.69, 9.17) is 0 Å². The number of nitrogens with zero attached hydrogens (tertiary/aromatic N) is 1. The minimum Gasteiger partial charge on any atom is -0.350 e. The molecule has 0 saturated heterocycles. The maximum Gasteiger partial charge on any atom is 0.242 e. The number of carbonyl (C=O) groups excluding carboxylic acids is 2. The molecule has 0 aliphatic heterocycles. The molecule has 1 atom stereocenters. The summed E-state index contributed by atoms with van der Waals surface area (Å²) >= 11 is 0. The predicted octanol–water partition coefficient (Wildman–Crippen LogP) is 3.06. The Hall–Kier alpha value is -2.78. The van der Waals surface area contributed by atoms with Crippen molar-refractivity contribution >= 4 is 27.5 Å². The van der Waals surface area contributed by atoms with E-state index in [0.29, 0.717) is 12.1 Å². The number of hydrogen-bond acceptors (Lipinski definition) is 4. The average Bonchev–Trinajstić information content (AvgIpc) is 2.67. The van der Waals surface area contributed by atoms with Crippen LogP contribution >= 0.6 is 0 Å². The van der Waals surface area contributed by atoms with Crippen LogP contribution < -0.4 is 10.6 Å². The minimum absolute atomic E-state index is 0.00326. The molecule has 2 aromatic carbocycles. The topological polar surface area (TPSA) is 95.6 Å². The third kappa shape index (κ3) is 6.64. The molecule has 0 aliphatic carbocycles. The lowest BCUT2D eigenvalue weighted by atomic mass is 10.1. The van der Waals surface area contributed by atoms with E-state index in [-0.39, 0.29) is 35.7 Å². The van der Waals surface area contributed by atoms with Crippen LogP contribution in [-0.2, 0) is 19.6 Å². The SMILES string of the molecule is CC(=O)Nc1cccc(C(C)NC(=O)CCCN(C)S(=O)(=O)c2ccc(F)cc2)c1. The van der Waals surface area contributed by atoms with E-state index in [9.17, 15) is 22.4 Å². The number of sulfonamides is 1. The molecule has 0 radical (unpaired) electrons. The quantitative estimate of drug-likeness (QED) is 0.633. The Bertz CT molecular complexity index is 994. The van der Waals surface area contributed by atoms with Gasteiger partial charge in [0.25, 0.3) is 0 Å². The normalized spacial score (nSPS) is 12.4. The zero-order chi connectivity index (χ0) is 22.3. The molecular formula is C21H26FN3O4S. The Kier molecular flexibility index (Phi) is 8.08. The molecule has 1 unspecified atom stereocenters. The Labute approximate surface area is 176 Å². The molecule has 0 spiro atoms. The lowest BCUT2D eigenvalue weighted by molar-refractivity contribution is -0.121. The van der Waals surface area contributed by atoms with Gasteiger partial charge >= 0.3 is 0 Å². The summed E-state index contributed by atoms with van der Waals surface area (Å²) in [7, 11) is -2.31. The van der Waals surface area contributed by atoms with E-state index in [1.807, 2.05) is 13.0 Å². The summed E-state index contributed by atoms with van der Waals surface area (Å²) in [5.74, 6) is -0.895. The molecule has 9 heteroatoms. The zero-order valence-corrected chi connectivity index (χ0v) is 18.0. The van der Waals surface area contributed by atoms with Crippen molar-refractivity contribution in [1.82, 2.24) is 9.62 Å². The van der Waals surface area contributed by atoms with Crippen LogP contribution in [0.2, 0.25) is 0 Å². The van der Waals surface area contributed by atoms with Crippen molar-refractivity contribution in [3.8, 4) is 0 Å². The number of halogens is 1. The monoisotopic (exact) mass is 435 g/mol. The lowest BCUT2D eigenvalue weighted by Crippen LogP contribution is -2.30. The van der Waals surface area contributed by atoms with E-state index in [0.717, 1.165) is 22.0 Å². The molecule has 0 aromatic heterocycles. The van der Waals surface area contributed by atoms with Crippen LogP contribution in [0.1, 0.15) is 38.3 Å². The van der Waals surface area contributed by atoms with Crippen molar-refractivity contribution in [2.75, 3.05) is 18.9 Å². The summed E-state index contributed by atoms with van der Waals surface area (Å²) in [4.78, 5) is 23.4. The van der Waals surface area contributed by atoms with Crippen LogP contribution in [0.15, 0.2) is 53.4 Å². The fourth-order valence-corrected chi connectivity index (χ4v) is 4.06. The smallest absolute Gasteiger partial charge is 0.242 e. The molecule has 2 N–H and O–H groups in total. The summed E-state index contributed by atoms with van der Waals surface area (Å²) < 4.78 is 39.1. The molecule has 7 nitrogen and oxygen atoms in total. The van der Waals surface area contributed by atoms with Crippen LogP contribution in [-0.4, -0.2) is 38.1 Å². The van der Waals surface area contributed by atoms with Gasteiger partial charge in [-0.25, -0.2) is 17.1 Å². The number of hydrogen-bond donors (Lipinski definition) is 2. The molecule has 0 fully saturated rings. The van der Waals surface area contributed by atoms with Crippen molar-refractivity contribution in [2.45, 2.75) is 37.6 Å². The summed E-state index contributed by atoms with van der Waals surface area (Å²) in [6.45, 7) is 3.40. The molecule has 0 bridgehead atoms. The summed E-state index contributed by atoms with van der Waals surface area (Å²) in [5.41, 5.74) is 1.49. The van der Waals surface area contributed by atoms with E-state index < -0.39 is 15.8 Å². The fourth-order valence-electron chi connectivity index (χ4n) is 2.85. The van der Waals surface area contributed by atoms with Crippen LogP contribution in [0.5, 0.6) is 0 Å². The van der Waals surface area contributed by atoms with E-state index >= 15 is 0 Å². The Morgan fingerprint density at radius 1 is 1.13 bits per heavy atom. The van der Waals surface area contributed by atoms with Crippen LogP contribution in [0.25, 0.3) is 0 Å². The second-order valence-corrected chi connectivity index (χ2v) is 9.02. The summed E-state index contributed by atoms with van der Waals surface area (Å²) in [6.07, 6.45) is 0.487. The maximum atomic E-state index is 13.0. The lowest BCUT2D eigenvalue weighted by Gasteiger charge is -2.18. The van der Waals surface area contributed by atoms with Crippen LogP contribution in [0.4, 0.5) is 10.1 Å². The van der Waals surface area contributed by atoms with Gasteiger partial charge in [0.15, 0.2) is 0 Å². The van der Waals surface area contributed by atoms with Gasteiger partial charge in [-0.3, -0.25) is 9.59 Å². The first-order valence-corrected chi connectivity index (χ1v) is 10.9. The predicted molar refractivity (Wildman–Crippen MR) is 113 cm³/mol. The molecule has 2 rings (SSSR count). The molecule has 0 saturated carbocycles. The average molecular weight is 436 g/mol. The summed E-state index contributed by atoms with van der Waals surface area (Å²) in [6, 6.07) is 11.5. The first-order chi connectivity index (χ1) is 14.1. The van der Waals surface area contributed by atoms with Gasteiger partial charge in [-0.2, -0.15) is 0 Å². The minimum atomic E-state index is -3.73. The first kappa shape index (κ1) is 23.5. The summed E-state index contributed by atoms with van der Waals surface area (Å²) in [5, 5.41) is 5.56. The highest BCUT2D eigenvalue weighted by atomic mass is 32.2. The fraction of sp³-hybridized carbons (Fsp3) is 0.333. The maximum absolute atomic E-state index is 13.0. The van der Waals surface area contributed by atoms with Gasteiger partial charge in [-0.1, -0.05) is 12.1 Å². The molecule has 2 aromatic rings. The van der Waals surface area contributed by atoms with Crippen molar-refractivity contribution < 1.29 is 22.4 Å². The van der Waals surface area contributed by atoms with Crippen LogP contribution in [0, 0.1) is 5.82 Å². The number of nitrogens with one attached hydrogen (secondary N) is 2. The largest absolute Gasteiger partial charge is 0.350 e.